The van der Waals surface area contributed by atoms with Crippen molar-refractivity contribution in [3.8, 4) is 5.75 Å². The molecule has 0 spiro atoms. The molecule has 0 fully saturated rings. The lowest BCUT2D eigenvalue weighted by molar-refractivity contribution is -0.125. The van der Waals surface area contributed by atoms with E-state index in [2.05, 4.69) is 9.88 Å². The fourth-order valence-corrected chi connectivity index (χ4v) is 5.95. The van der Waals surface area contributed by atoms with Gasteiger partial charge in [-0.3, -0.25) is 14.5 Å². The van der Waals surface area contributed by atoms with Gasteiger partial charge in [-0.1, -0.05) is 65.8 Å². The van der Waals surface area contributed by atoms with Crippen LogP contribution in [0.1, 0.15) is 22.7 Å². The standard InChI is InChI=1S/C28H26ClN3O3S/c1-17-12-13-19(14-21(17)29)32-24(33)16-36-28-25(20-9-5-6-10-22(20)31(28)2)26(32)27(34)30-15-18-8-4-7-11-23(18)35-3/h4-14,26H,15-16H2,1-3H3,(H,30,34)/t26-/m0/s1. The Morgan fingerprint density at radius 1 is 1.14 bits per heavy atom. The van der Waals surface area contributed by atoms with Gasteiger partial charge in [0.15, 0.2) is 0 Å². The van der Waals surface area contributed by atoms with Crippen molar-refractivity contribution in [2.75, 3.05) is 17.8 Å². The molecule has 2 heterocycles. The molecule has 4 aromatic rings. The first-order valence-corrected chi connectivity index (χ1v) is 12.9. The molecule has 6 nitrogen and oxygen atoms in total. The second-order valence-electron chi connectivity index (χ2n) is 8.71. The number of para-hydroxylation sites is 2. The van der Waals surface area contributed by atoms with E-state index in [1.165, 1.54) is 11.8 Å². The van der Waals surface area contributed by atoms with Crippen molar-refractivity contribution in [3.05, 3.63) is 88.4 Å². The maximum Gasteiger partial charge on any atom is 0.248 e. The largest absolute Gasteiger partial charge is 0.496 e. The van der Waals surface area contributed by atoms with Gasteiger partial charge in [0.05, 0.1) is 17.9 Å². The molecule has 8 heteroatoms. The van der Waals surface area contributed by atoms with Crippen molar-refractivity contribution >= 4 is 51.8 Å². The zero-order valence-electron chi connectivity index (χ0n) is 20.2. The number of halogens is 1. The van der Waals surface area contributed by atoms with E-state index in [0.29, 0.717) is 16.5 Å². The number of rotatable bonds is 5. The number of hydrogen-bond donors (Lipinski definition) is 1. The number of benzene rings is 3. The quantitative estimate of drug-likeness (QED) is 0.370. The number of nitrogens with one attached hydrogen (secondary N) is 1. The third-order valence-corrected chi connectivity index (χ3v) is 8.12. The van der Waals surface area contributed by atoms with Gasteiger partial charge >= 0.3 is 0 Å². The minimum absolute atomic E-state index is 0.155. The summed E-state index contributed by atoms with van der Waals surface area (Å²) in [5.41, 5.74) is 4.17. The molecule has 3 aromatic carbocycles. The maximum atomic E-state index is 14.0. The number of carbonyl (C=O) groups is 2. The van der Waals surface area contributed by atoms with Crippen LogP contribution in [-0.2, 0) is 23.2 Å². The minimum atomic E-state index is -0.873. The van der Waals surface area contributed by atoms with Gasteiger partial charge in [0.1, 0.15) is 11.8 Å². The summed E-state index contributed by atoms with van der Waals surface area (Å²) in [5, 5.41) is 5.46. The summed E-state index contributed by atoms with van der Waals surface area (Å²) in [7, 11) is 3.58. The molecule has 1 atom stereocenters. The number of thioether (sulfide) groups is 1. The third-order valence-electron chi connectivity index (χ3n) is 6.55. The molecule has 1 N–H and O–H groups in total. The van der Waals surface area contributed by atoms with E-state index in [-0.39, 0.29) is 24.1 Å². The maximum absolute atomic E-state index is 14.0. The molecular weight excluding hydrogens is 494 g/mol. The zero-order chi connectivity index (χ0) is 25.4. The van der Waals surface area contributed by atoms with Crippen molar-refractivity contribution in [3.63, 3.8) is 0 Å². The van der Waals surface area contributed by atoms with Crippen molar-refractivity contribution in [2.45, 2.75) is 24.5 Å². The molecule has 5 rings (SSSR count). The molecule has 0 unspecified atom stereocenters. The van der Waals surface area contributed by atoms with Gasteiger partial charge < -0.3 is 14.6 Å². The van der Waals surface area contributed by atoms with Crippen LogP contribution < -0.4 is 15.0 Å². The summed E-state index contributed by atoms with van der Waals surface area (Å²) in [6, 6.07) is 20.1. The third kappa shape index (κ3) is 4.22. The van der Waals surface area contributed by atoms with E-state index in [1.807, 2.05) is 74.6 Å². The highest BCUT2D eigenvalue weighted by Crippen LogP contribution is 2.43. The van der Waals surface area contributed by atoms with E-state index in [1.54, 1.807) is 18.1 Å². The van der Waals surface area contributed by atoms with Gasteiger partial charge in [-0.2, -0.15) is 0 Å². The van der Waals surface area contributed by atoms with E-state index < -0.39 is 6.04 Å². The van der Waals surface area contributed by atoms with Crippen LogP contribution in [0.3, 0.4) is 0 Å². The Morgan fingerprint density at radius 2 is 1.89 bits per heavy atom. The molecule has 0 saturated heterocycles. The summed E-state index contributed by atoms with van der Waals surface area (Å²) in [4.78, 5) is 29.2. The first kappa shape index (κ1) is 24.3. The predicted molar refractivity (Wildman–Crippen MR) is 145 cm³/mol. The first-order chi connectivity index (χ1) is 17.4. The van der Waals surface area contributed by atoms with Crippen LogP contribution in [0.2, 0.25) is 5.02 Å². The Kier molecular flexibility index (Phi) is 6.69. The number of methoxy groups -OCH3 is 1. The van der Waals surface area contributed by atoms with Crippen LogP contribution in [0.25, 0.3) is 10.9 Å². The number of carbonyl (C=O) groups excluding carboxylic acids is 2. The zero-order valence-corrected chi connectivity index (χ0v) is 21.8. The Balaban J connectivity index is 1.65. The molecule has 0 aliphatic carbocycles. The molecule has 0 saturated carbocycles. The van der Waals surface area contributed by atoms with Crippen LogP contribution in [-0.4, -0.2) is 29.2 Å². The monoisotopic (exact) mass is 519 g/mol. The Hall–Kier alpha value is -3.42. The Bertz CT molecular complexity index is 1480. The Labute approximate surface area is 219 Å². The number of amides is 2. The van der Waals surface area contributed by atoms with Crippen LogP contribution in [0.5, 0.6) is 5.75 Å². The summed E-state index contributed by atoms with van der Waals surface area (Å²) in [5.74, 6) is 0.473. The summed E-state index contributed by atoms with van der Waals surface area (Å²) < 4.78 is 7.52. The van der Waals surface area contributed by atoms with Crippen molar-refractivity contribution in [1.29, 1.82) is 0 Å². The topological polar surface area (TPSA) is 63.6 Å². The van der Waals surface area contributed by atoms with E-state index in [9.17, 15) is 9.59 Å². The fraction of sp³-hybridized carbons (Fsp3) is 0.214. The van der Waals surface area contributed by atoms with Gasteiger partial charge in [0.2, 0.25) is 11.8 Å². The summed E-state index contributed by atoms with van der Waals surface area (Å²) in [6.45, 7) is 2.18. The second-order valence-corrected chi connectivity index (χ2v) is 10.1. The van der Waals surface area contributed by atoms with E-state index in [0.717, 1.165) is 32.6 Å². The molecular formula is C28H26ClN3O3S. The Morgan fingerprint density at radius 3 is 2.67 bits per heavy atom. The molecule has 1 aliphatic rings. The van der Waals surface area contributed by atoms with Gasteiger partial charge in [-0.05, 0) is 36.8 Å². The molecule has 2 amide bonds. The van der Waals surface area contributed by atoms with Crippen LogP contribution in [0.4, 0.5) is 5.69 Å². The van der Waals surface area contributed by atoms with E-state index >= 15 is 0 Å². The van der Waals surface area contributed by atoms with Crippen LogP contribution >= 0.6 is 23.4 Å². The van der Waals surface area contributed by atoms with Gasteiger partial charge in [0, 0.05) is 46.3 Å². The number of fused-ring (bicyclic) bond motifs is 3. The predicted octanol–water partition coefficient (Wildman–Crippen LogP) is 5.65. The van der Waals surface area contributed by atoms with Crippen LogP contribution in [0, 0.1) is 6.92 Å². The minimum Gasteiger partial charge on any atom is -0.496 e. The number of aromatic nitrogens is 1. The number of ether oxygens (including phenoxy) is 1. The normalized spacial score (nSPS) is 15.5. The molecule has 36 heavy (non-hydrogen) atoms. The number of hydrogen-bond acceptors (Lipinski definition) is 4. The number of anilines is 1. The van der Waals surface area contributed by atoms with E-state index in [4.69, 9.17) is 16.3 Å². The van der Waals surface area contributed by atoms with Crippen molar-refractivity contribution < 1.29 is 14.3 Å². The number of nitrogens with zero attached hydrogens (tertiary/aromatic N) is 2. The molecule has 0 bridgehead atoms. The lowest BCUT2D eigenvalue weighted by atomic mass is 10.0. The molecule has 1 aromatic heterocycles. The molecule has 1 aliphatic heterocycles. The average Bonchev–Trinajstić information content (AvgIpc) is 3.06. The highest BCUT2D eigenvalue weighted by atomic mass is 35.5. The first-order valence-electron chi connectivity index (χ1n) is 11.6. The highest BCUT2D eigenvalue weighted by molar-refractivity contribution is 8.00. The SMILES string of the molecule is COc1ccccc1CNC(=O)[C@@H]1c2c(n(C)c3ccccc23)SCC(=O)N1c1ccc(C)c(Cl)c1. The van der Waals surface area contributed by atoms with Gasteiger partial charge in [0.25, 0.3) is 0 Å². The molecule has 0 radical (unpaired) electrons. The van der Waals surface area contributed by atoms with Gasteiger partial charge in [-0.25, -0.2) is 0 Å². The van der Waals surface area contributed by atoms with Crippen molar-refractivity contribution in [1.82, 2.24) is 9.88 Å². The van der Waals surface area contributed by atoms with Gasteiger partial charge in [-0.15, -0.1) is 0 Å². The lowest BCUT2D eigenvalue weighted by Crippen LogP contribution is -2.43. The summed E-state index contributed by atoms with van der Waals surface area (Å²) >= 11 is 7.92. The summed E-state index contributed by atoms with van der Waals surface area (Å²) in [6.07, 6.45) is 0. The van der Waals surface area contributed by atoms with Crippen molar-refractivity contribution in [2.24, 2.45) is 7.05 Å². The fourth-order valence-electron chi connectivity index (χ4n) is 4.71. The number of aryl methyl sites for hydroxylation is 2. The van der Waals surface area contributed by atoms with Crippen LogP contribution in [0.15, 0.2) is 71.8 Å². The smallest absolute Gasteiger partial charge is 0.248 e. The second kappa shape index (κ2) is 9.91. The lowest BCUT2D eigenvalue weighted by Gasteiger charge is -2.30. The molecule has 184 valence electrons. The average molecular weight is 520 g/mol. The highest BCUT2D eigenvalue weighted by Gasteiger charge is 2.39.